The second-order valence-corrected chi connectivity index (χ2v) is 7.72. The molecule has 0 bridgehead atoms. The Bertz CT molecular complexity index is 755. The molecule has 1 aliphatic carbocycles. The molecule has 1 saturated carbocycles. The molecule has 31 heavy (non-hydrogen) atoms. The van der Waals surface area contributed by atoms with Crippen LogP contribution in [0.4, 0.5) is 13.2 Å². The number of rotatable bonds is 5. The number of alkyl halides is 3. The van der Waals surface area contributed by atoms with Crippen LogP contribution in [0.1, 0.15) is 50.7 Å². The van der Waals surface area contributed by atoms with E-state index in [1.165, 1.54) is 12.1 Å². The zero-order chi connectivity index (χ0) is 23.3. The van der Waals surface area contributed by atoms with Gasteiger partial charge in [-0.2, -0.15) is 13.2 Å². The average Bonchev–Trinajstić information content (AvgIpc) is 2.79. The maximum atomic E-state index is 12.9. The van der Waals surface area contributed by atoms with Crippen LogP contribution in [0.25, 0.3) is 0 Å². The van der Waals surface area contributed by atoms with Crippen molar-refractivity contribution in [2.45, 2.75) is 52.3 Å². The highest BCUT2D eigenvalue weighted by molar-refractivity contribution is 6.30. The highest BCUT2D eigenvalue weighted by Gasteiger charge is 2.32. The van der Waals surface area contributed by atoms with E-state index in [1.807, 2.05) is 44.2 Å². The van der Waals surface area contributed by atoms with Gasteiger partial charge in [0, 0.05) is 17.3 Å². The lowest BCUT2D eigenvalue weighted by Gasteiger charge is -2.29. The van der Waals surface area contributed by atoms with Crippen LogP contribution in [0.15, 0.2) is 66.9 Å². The molecule has 3 rings (SSSR count). The molecule has 172 valence electrons. The van der Waals surface area contributed by atoms with Crippen LogP contribution >= 0.6 is 11.6 Å². The van der Waals surface area contributed by atoms with Crippen LogP contribution in [-0.4, -0.2) is 6.54 Å². The summed E-state index contributed by atoms with van der Waals surface area (Å²) in [6.45, 7) is 8.88. The first-order chi connectivity index (χ1) is 14.8. The molecule has 2 aromatic rings. The van der Waals surface area contributed by atoms with Crippen molar-refractivity contribution in [2.24, 2.45) is 17.6 Å². The van der Waals surface area contributed by atoms with Crippen molar-refractivity contribution >= 4 is 11.6 Å². The first kappa shape index (κ1) is 27.1. The van der Waals surface area contributed by atoms with Crippen molar-refractivity contribution in [1.82, 2.24) is 5.32 Å². The topological polar surface area (TPSA) is 38.0 Å². The third-order valence-electron chi connectivity index (χ3n) is 5.23. The van der Waals surface area contributed by atoms with Gasteiger partial charge in [0.05, 0.1) is 5.56 Å². The predicted molar refractivity (Wildman–Crippen MR) is 125 cm³/mol. The minimum absolute atomic E-state index is 0.158. The zero-order valence-electron chi connectivity index (χ0n) is 18.4. The van der Waals surface area contributed by atoms with Crippen molar-refractivity contribution in [1.29, 1.82) is 0 Å². The Kier molecular flexibility index (Phi) is 12.4. The van der Waals surface area contributed by atoms with E-state index in [9.17, 15) is 13.2 Å². The molecule has 6 heteroatoms. The summed E-state index contributed by atoms with van der Waals surface area (Å²) in [7, 11) is 0. The first-order valence-electron chi connectivity index (χ1n) is 10.8. The molecule has 0 spiro atoms. The van der Waals surface area contributed by atoms with E-state index in [0.717, 1.165) is 42.5 Å². The Morgan fingerprint density at radius 1 is 1.00 bits per heavy atom. The molecule has 2 aromatic carbocycles. The number of halogens is 4. The second kappa shape index (κ2) is 14.2. The van der Waals surface area contributed by atoms with Crippen molar-refractivity contribution in [3.63, 3.8) is 0 Å². The number of benzene rings is 2. The standard InChI is InChI=1S/C17H23F3N2.C6H5Cl.C2H6/c1-12(14-8-6-13(10-21)7-9-14)22-11-15-4-2-3-5-16(15)17(18,19)20;7-6-4-2-1-3-5-6;1-2/h2-5,13-14,22H,1,6-11,21H2;1-5H;1-2H3. The third-order valence-corrected chi connectivity index (χ3v) is 5.49. The lowest BCUT2D eigenvalue weighted by Crippen LogP contribution is -2.27. The second-order valence-electron chi connectivity index (χ2n) is 7.28. The molecule has 0 radical (unpaired) electrons. The summed E-state index contributed by atoms with van der Waals surface area (Å²) in [5.41, 5.74) is 6.19. The van der Waals surface area contributed by atoms with Crippen molar-refractivity contribution < 1.29 is 13.2 Å². The highest BCUT2D eigenvalue weighted by atomic mass is 35.5. The minimum Gasteiger partial charge on any atom is -0.384 e. The summed E-state index contributed by atoms with van der Waals surface area (Å²) >= 11 is 5.54. The van der Waals surface area contributed by atoms with Gasteiger partial charge in [-0.15, -0.1) is 0 Å². The summed E-state index contributed by atoms with van der Waals surface area (Å²) < 4.78 is 38.8. The molecule has 0 amide bonds. The first-order valence-corrected chi connectivity index (χ1v) is 11.2. The molecule has 1 aliphatic rings. The van der Waals surface area contributed by atoms with Crippen LogP contribution < -0.4 is 11.1 Å². The van der Waals surface area contributed by atoms with E-state index in [0.29, 0.717) is 18.4 Å². The van der Waals surface area contributed by atoms with E-state index in [4.69, 9.17) is 17.3 Å². The molecule has 0 aromatic heterocycles. The smallest absolute Gasteiger partial charge is 0.384 e. The maximum Gasteiger partial charge on any atom is 0.416 e. The van der Waals surface area contributed by atoms with Gasteiger partial charge in [0.25, 0.3) is 0 Å². The quantitative estimate of drug-likeness (QED) is 0.492. The fourth-order valence-electron chi connectivity index (χ4n) is 3.47. The number of nitrogens with two attached hydrogens (primary N) is 1. The van der Waals surface area contributed by atoms with Gasteiger partial charge in [0.1, 0.15) is 0 Å². The molecule has 0 heterocycles. The van der Waals surface area contributed by atoms with E-state index in [2.05, 4.69) is 11.9 Å². The van der Waals surface area contributed by atoms with Gasteiger partial charge in [-0.25, -0.2) is 0 Å². The predicted octanol–water partition coefficient (Wildman–Crippen LogP) is 7.44. The fourth-order valence-corrected chi connectivity index (χ4v) is 3.61. The van der Waals surface area contributed by atoms with E-state index in [-0.39, 0.29) is 12.1 Å². The Labute approximate surface area is 189 Å². The number of allylic oxidation sites excluding steroid dienone is 1. The molecular weight excluding hydrogens is 421 g/mol. The Morgan fingerprint density at radius 2 is 1.55 bits per heavy atom. The van der Waals surface area contributed by atoms with Gasteiger partial charge in [-0.1, -0.05) is 68.4 Å². The van der Waals surface area contributed by atoms with Gasteiger partial charge < -0.3 is 11.1 Å². The molecule has 3 N–H and O–H groups in total. The van der Waals surface area contributed by atoms with E-state index in [1.54, 1.807) is 6.07 Å². The summed E-state index contributed by atoms with van der Waals surface area (Å²) in [6.07, 6.45) is -0.163. The van der Waals surface area contributed by atoms with Gasteiger partial charge in [0.15, 0.2) is 0 Å². The normalized spacial score (nSPS) is 18.0. The van der Waals surface area contributed by atoms with Crippen LogP contribution in [0.2, 0.25) is 5.02 Å². The van der Waals surface area contributed by atoms with Crippen LogP contribution in [0.3, 0.4) is 0 Å². The number of nitrogens with one attached hydrogen (secondary N) is 1. The average molecular weight is 455 g/mol. The lowest BCUT2D eigenvalue weighted by atomic mass is 9.81. The zero-order valence-corrected chi connectivity index (χ0v) is 19.1. The van der Waals surface area contributed by atoms with Gasteiger partial charge in [-0.3, -0.25) is 0 Å². The summed E-state index contributed by atoms with van der Waals surface area (Å²) in [5.74, 6) is 0.913. The summed E-state index contributed by atoms with van der Waals surface area (Å²) in [5, 5.41) is 3.88. The van der Waals surface area contributed by atoms with Gasteiger partial charge >= 0.3 is 6.18 Å². The fraction of sp³-hybridized carbons (Fsp3) is 0.440. The van der Waals surface area contributed by atoms with Crippen LogP contribution in [-0.2, 0) is 12.7 Å². The van der Waals surface area contributed by atoms with Gasteiger partial charge in [0.2, 0.25) is 0 Å². The maximum absolute atomic E-state index is 12.9. The number of hydrogen-bond donors (Lipinski definition) is 2. The molecule has 0 atom stereocenters. The van der Waals surface area contributed by atoms with E-state index < -0.39 is 11.7 Å². The van der Waals surface area contributed by atoms with Crippen LogP contribution in [0, 0.1) is 11.8 Å². The molecule has 0 unspecified atom stereocenters. The molecule has 0 saturated heterocycles. The summed E-state index contributed by atoms with van der Waals surface area (Å²) in [4.78, 5) is 0. The Hall–Kier alpha value is -1.98. The highest BCUT2D eigenvalue weighted by Crippen LogP contribution is 2.33. The molecule has 0 aliphatic heterocycles. The molecular formula is C25H34ClF3N2. The summed E-state index contributed by atoms with van der Waals surface area (Å²) in [6, 6.07) is 15.1. The molecule has 2 nitrogen and oxygen atoms in total. The van der Waals surface area contributed by atoms with Crippen molar-refractivity contribution in [3.05, 3.63) is 83.0 Å². The Morgan fingerprint density at radius 3 is 2.03 bits per heavy atom. The van der Waals surface area contributed by atoms with E-state index >= 15 is 0 Å². The minimum atomic E-state index is -4.32. The van der Waals surface area contributed by atoms with Crippen LogP contribution in [0.5, 0.6) is 0 Å². The third kappa shape index (κ3) is 9.79. The van der Waals surface area contributed by atoms with Crippen molar-refractivity contribution in [2.75, 3.05) is 6.54 Å². The monoisotopic (exact) mass is 454 g/mol. The Balaban J connectivity index is 0.000000447. The largest absolute Gasteiger partial charge is 0.416 e. The SMILES string of the molecule is C=C(NCc1ccccc1C(F)(F)F)C1CCC(CN)CC1.CC.Clc1ccccc1. The number of hydrogen-bond acceptors (Lipinski definition) is 2. The lowest BCUT2D eigenvalue weighted by molar-refractivity contribution is -0.138. The van der Waals surface area contributed by atoms with Crippen molar-refractivity contribution in [3.8, 4) is 0 Å². The van der Waals surface area contributed by atoms with Gasteiger partial charge in [-0.05, 0) is 67.8 Å². The molecule has 1 fully saturated rings.